The molecule has 0 bridgehead atoms. The van der Waals surface area contributed by atoms with E-state index in [-0.39, 0.29) is 11.8 Å². The number of amides is 2. The molecule has 0 spiro atoms. The van der Waals surface area contributed by atoms with Gasteiger partial charge in [-0.3, -0.25) is 9.59 Å². The molecule has 0 aromatic heterocycles. The van der Waals surface area contributed by atoms with Crippen molar-refractivity contribution in [1.29, 1.82) is 0 Å². The van der Waals surface area contributed by atoms with E-state index < -0.39 is 5.41 Å². The molecule has 0 aliphatic carbocycles. The van der Waals surface area contributed by atoms with Gasteiger partial charge in [-0.1, -0.05) is 44.4 Å². The van der Waals surface area contributed by atoms with Crippen molar-refractivity contribution in [3.63, 3.8) is 0 Å². The number of allylic oxidation sites excluding steroid dienone is 3. The third-order valence-electron chi connectivity index (χ3n) is 3.89. The lowest BCUT2D eigenvalue weighted by Crippen LogP contribution is -2.51. The molecule has 0 atom stereocenters. The number of nitrogens with one attached hydrogen (secondary N) is 2. The molecule has 0 aromatic rings. The van der Waals surface area contributed by atoms with Gasteiger partial charge in [0.1, 0.15) is 5.41 Å². The van der Waals surface area contributed by atoms with Crippen LogP contribution in [-0.4, -0.2) is 24.9 Å². The van der Waals surface area contributed by atoms with Crippen LogP contribution in [0, 0.1) is 5.41 Å². The maximum absolute atomic E-state index is 12.5. The molecule has 23 heavy (non-hydrogen) atoms. The van der Waals surface area contributed by atoms with Gasteiger partial charge in [0.2, 0.25) is 11.8 Å². The molecule has 132 valence electrons. The zero-order chi connectivity index (χ0) is 17.6. The van der Waals surface area contributed by atoms with Crippen molar-refractivity contribution in [2.45, 2.75) is 65.7 Å². The Hall–Kier alpha value is -1.58. The maximum Gasteiger partial charge on any atom is 0.236 e. The molecule has 4 nitrogen and oxygen atoms in total. The second-order valence-corrected chi connectivity index (χ2v) is 5.82. The largest absolute Gasteiger partial charge is 0.355 e. The van der Waals surface area contributed by atoms with Crippen LogP contribution in [-0.2, 0) is 9.59 Å². The second-order valence-electron chi connectivity index (χ2n) is 5.82. The van der Waals surface area contributed by atoms with E-state index in [4.69, 9.17) is 0 Å². The Labute approximate surface area is 141 Å². The van der Waals surface area contributed by atoms with Gasteiger partial charge in [-0.15, -0.1) is 6.58 Å². The van der Waals surface area contributed by atoms with Crippen molar-refractivity contribution in [3.8, 4) is 0 Å². The third kappa shape index (κ3) is 7.49. The van der Waals surface area contributed by atoms with E-state index in [0.29, 0.717) is 25.9 Å². The van der Waals surface area contributed by atoms with Crippen LogP contribution in [0.25, 0.3) is 0 Å². The first-order valence-electron chi connectivity index (χ1n) is 8.91. The summed E-state index contributed by atoms with van der Waals surface area (Å²) in [7, 11) is 0. The summed E-state index contributed by atoms with van der Waals surface area (Å²) in [5.74, 6) is -0.442. The Balaban J connectivity index is 4.93. The molecular weight excluding hydrogens is 288 g/mol. The van der Waals surface area contributed by atoms with Crippen molar-refractivity contribution in [2.75, 3.05) is 13.1 Å². The first-order chi connectivity index (χ1) is 11.1. The molecule has 0 unspecified atom stereocenters. The van der Waals surface area contributed by atoms with Crippen LogP contribution in [0.4, 0.5) is 0 Å². The standard InChI is InChI=1S/C19H34N2O2/c1-5-9-10-11-12-13-14-16-19(15-6-2,17(22)20-7-3)18(23)21-8-4/h6,13-14H,2,5,7-12,15-16H2,1,3-4H3,(H,20,22)(H,21,23)/b14-13+. The Kier molecular flexibility index (Phi) is 12.0. The normalized spacial score (nSPS) is 11.4. The number of carbonyl (C=O) groups excluding carboxylic acids is 2. The summed E-state index contributed by atoms with van der Waals surface area (Å²) in [6.07, 6.45) is 12.3. The highest BCUT2D eigenvalue weighted by atomic mass is 16.2. The van der Waals surface area contributed by atoms with Crippen LogP contribution < -0.4 is 10.6 Å². The minimum Gasteiger partial charge on any atom is -0.355 e. The van der Waals surface area contributed by atoms with Gasteiger partial charge in [-0.05, 0) is 39.5 Å². The summed E-state index contributed by atoms with van der Waals surface area (Å²) in [6.45, 7) is 10.7. The predicted molar refractivity (Wildman–Crippen MR) is 97.1 cm³/mol. The summed E-state index contributed by atoms with van der Waals surface area (Å²) in [5, 5.41) is 5.60. The highest BCUT2D eigenvalue weighted by molar-refractivity contribution is 6.05. The van der Waals surface area contributed by atoms with Crippen LogP contribution in [0.15, 0.2) is 24.8 Å². The first-order valence-corrected chi connectivity index (χ1v) is 8.91. The Bertz CT molecular complexity index is 371. The number of rotatable bonds is 13. The molecule has 4 heteroatoms. The van der Waals surface area contributed by atoms with Crippen LogP contribution in [0.5, 0.6) is 0 Å². The van der Waals surface area contributed by atoms with Crippen LogP contribution >= 0.6 is 0 Å². The fraction of sp³-hybridized carbons (Fsp3) is 0.684. The molecule has 0 saturated heterocycles. The Morgan fingerprint density at radius 3 is 2.00 bits per heavy atom. The number of unbranched alkanes of at least 4 members (excludes halogenated alkanes) is 4. The van der Waals surface area contributed by atoms with Gasteiger partial charge in [0, 0.05) is 13.1 Å². The molecule has 0 fully saturated rings. The van der Waals surface area contributed by atoms with Crippen LogP contribution in [0.2, 0.25) is 0 Å². The van der Waals surface area contributed by atoms with Gasteiger partial charge < -0.3 is 10.6 Å². The van der Waals surface area contributed by atoms with E-state index in [9.17, 15) is 9.59 Å². The van der Waals surface area contributed by atoms with Crippen molar-refractivity contribution in [3.05, 3.63) is 24.8 Å². The van der Waals surface area contributed by atoms with Gasteiger partial charge in [0.05, 0.1) is 0 Å². The SMILES string of the molecule is C=CCC(C/C=C/CCCCCC)(C(=O)NCC)C(=O)NCC. The minimum absolute atomic E-state index is 0.221. The highest BCUT2D eigenvalue weighted by Crippen LogP contribution is 2.29. The van der Waals surface area contributed by atoms with Crippen molar-refractivity contribution < 1.29 is 9.59 Å². The molecule has 0 aliphatic rings. The molecular formula is C19H34N2O2. The molecule has 0 rings (SSSR count). The predicted octanol–water partition coefficient (Wildman–Crippen LogP) is 3.74. The van der Waals surface area contributed by atoms with Crippen molar-refractivity contribution in [1.82, 2.24) is 10.6 Å². The summed E-state index contributed by atoms with van der Waals surface area (Å²) < 4.78 is 0. The molecule has 0 aliphatic heterocycles. The molecule has 0 aromatic carbocycles. The second kappa shape index (κ2) is 12.9. The lowest BCUT2D eigenvalue weighted by atomic mass is 9.78. The fourth-order valence-electron chi connectivity index (χ4n) is 2.55. The lowest BCUT2D eigenvalue weighted by molar-refractivity contribution is -0.143. The molecule has 0 heterocycles. The van der Waals surface area contributed by atoms with Gasteiger partial charge >= 0.3 is 0 Å². The quantitative estimate of drug-likeness (QED) is 0.308. The Morgan fingerprint density at radius 2 is 1.52 bits per heavy atom. The van der Waals surface area contributed by atoms with Gasteiger partial charge in [-0.2, -0.15) is 0 Å². The molecule has 0 saturated carbocycles. The fourth-order valence-corrected chi connectivity index (χ4v) is 2.55. The average molecular weight is 322 g/mol. The van der Waals surface area contributed by atoms with E-state index in [1.54, 1.807) is 6.08 Å². The minimum atomic E-state index is -1.09. The van der Waals surface area contributed by atoms with Gasteiger partial charge in [0.25, 0.3) is 0 Å². The van der Waals surface area contributed by atoms with Crippen LogP contribution in [0.1, 0.15) is 65.7 Å². The van der Waals surface area contributed by atoms with E-state index in [2.05, 4.69) is 30.2 Å². The summed E-state index contributed by atoms with van der Waals surface area (Å²) in [5.41, 5.74) is -1.09. The molecule has 0 radical (unpaired) electrons. The first kappa shape index (κ1) is 21.4. The monoisotopic (exact) mass is 322 g/mol. The van der Waals surface area contributed by atoms with Gasteiger partial charge in [-0.25, -0.2) is 0 Å². The smallest absolute Gasteiger partial charge is 0.236 e. The van der Waals surface area contributed by atoms with E-state index in [1.165, 1.54) is 19.3 Å². The van der Waals surface area contributed by atoms with Crippen LogP contribution in [0.3, 0.4) is 0 Å². The summed E-state index contributed by atoms with van der Waals surface area (Å²) in [6, 6.07) is 0. The topological polar surface area (TPSA) is 58.2 Å². The summed E-state index contributed by atoms with van der Waals surface area (Å²) >= 11 is 0. The maximum atomic E-state index is 12.5. The van der Waals surface area contributed by atoms with E-state index in [0.717, 1.165) is 12.8 Å². The Morgan fingerprint density at radius 1 is 0.913 bits per heavy atom. The van der Waals surface area contributed by atoms with Gasteiger partial charge in [0.15, 0.2) is 0 Å². The molecule has 2 amide bonds. The highest BCUT2D eigenvalue weighted by Gasteiger charge is 2.43. The third-order valence-corrected chi connectivity index (χ3v) is 3.89. The molecule has 2 N–H and O–H groups in total. The average Bonchev–Trinajstić information content (AvgIpc) is 2.53. The zero-order valence-corrected chi connectivity index (χ0v) is 15.1. The lowest BCUT2D eigenvalue weighted by Gasteiger charge is -2.29. The van der Waals surface area contributed by atoms with Crippen molar-refractivity contribution in [2.24, 2.45) is 5.41 Å². The van der Waals surface area contributed by atoms with Crippen molar-refractivity contribution >= 4 is 11.8 Å². The summed E-state index contributed by atoms with van der Waals surface area (Å²) in [4.78, 5) is 25.0. The number of carbonyl (C=O) groups is 2. The van der Waals surface area contributed by atoms with E-state index in [1.807, 2.05) is 19.9 Å². The number of hydrogen-bond donors (Lipinski definition) is 2. The van der Waals surface area contributed by atoms with E-state index >= 15 is 0 Å². The number of hydrogen-bond acceptors (Lipinski definition) is 2. The zero-order valence-electron chi connectivity index (χ0n) is 15.1.